The van der Waals surface area contributed by atoms with Crippen LogP contribution in [0.25, 0.3) is 0 Å². The Balaban J connectivity index is 1.89. The van der Waals surface area contributed by atoms with Crippen molar-refractivity contribution in [1.82, 2.24) is 5.32 Å². The number of methoxy groups -OCH3 is 1. The summed E-state index contributed by atoms with van der Waals surface area (Å²) < 4.78 is 11.4. The van der Waals surface area contributed by atoms with Crippen LogP contribution < -0.4 is 5.32 Å². The number of rotatable bonds is 5. The quantitative estimate of drug-likeness (QED) is 0.801. The summed E-state index contributed by atoms with van der Waals surface area (Å²) in [6, 6.07) is 0.575. The molecule has 1 spiro atoms. The number of nitrogens with one attached hydrogen (secondary N) is 1. The molecule has 3 nitrogen and oxygen atoms in total. The van der Waals surface area contributed by atoms with Gasteiger partial charge in [-0.3, -0.25) is 0 Å². The Morgan fingerprint density at radius 1 is 1.47 bits per heavy atom. The van der Waals surface area contributed by atoms with Crippen LogP contribution in [0.1, 0.15) is 45.4 Å². The lowest BCUT2D eigenvalue weighted by Gasteiger charge is -2.49. The molecule has 3 atom stereocenters. The third kappa shape index (κ3) is 3.01. The molecule has 0 aromatic rings. The summed E-state index contributed by atoms with van der Waals surface area (Å²) in [7, 11) is 3.88. The molecule has 100 valence electrons. The van der Waals surface area contributed by atoms with Crippen molar-refractivity contribution in [3.05, 3.63) is 0 Å². The van der Waals surface area contributed by atoms with E-state index in [1.165, 1.54) is 32.1 Å². The summed E-state index contributed by atoms with van der Waals surface area (Å²) in [6.07, 6.45) is 7.80. The molecule has 1 saturated carbocycles. The maximum absolute atomic E-state index is 6.00. The molecule has 1 heterocycles. The molecule has 17 heavy (non-hydrogen) atoms. The summed E-state index contributed by atoms with van der Waals surface area (Å²) in [6.45, 7) is 3.10. The predicted molar refractivity (Wildman–Crippen MR) is 69.2 cm³/mol. The highest BCUT2D eigenvalue weighted by atomic mass is 16.5. The van der Waals surface area contributed by atoms with Crippen molar-refractivity contribution in [1.29, 1.82) is 0 Å². The number of ether oxygens (including phenoxy) is 2. The highest BCUT2D eigenvalue weighted by Gasteiger charge is 2.44. The summed E-state index contributed by atoms with van der Waals surface area (Å²) in [5.74, 6) is 0.756. The molecule has 2 fully saturated rings. The number of hydrogen-bond acceptors (Lipinski definition) is 3. The zero-order valence-corrected chi connectivity index (χ0v) is 11.5. The molecule has 2 aliphatic rings. The standard InChI is InChI=1S/C14H27NO2/c1-11(16-3)9-13(15-2)12-5-8-17-14(10-12)6-4-7-14/h11-13,15H,4-10H2,1-3H3. The van der Waals surface area contributed by atoms with E-state index in [2.05, 4.69) is 19.3 Å². The SMILES string of the molecule is CNC(CC(C)OC)C1CCOC2(CCC2)C1. The van der Waals surface area contributed by atoms with Gasteiger partial charge in [0.2, 0.25) is 0 Å². The molecular formula is C14H27NO2. The van der Waals surface area contributed by atoms with Crippen LogP contribution in [0.2, 0.25) is 0 Å². The van der Waals surface area contributed by atoms with Crippen LogP contribution in [0.4, 0.5) is 0 Å². The first kappa shape index (κ1) is 13.3. The zero-order valence-electron chi connectivity index (χ0n) is 11.5. The van der Waals surface area contributed by atoms with Crippen LogP contribution in [0.5, 0.6) is 0 Å². The van der Waals surface area contributed by atoms with Gasteiger partial charge >= 0.3 is 0 Å². The van der Waals surface area contributed by atoms with E-state index in [1.807, 2.05) is 0 Å². The van der Waals surface area contributed by atoms with Gasteiger partial charge in [-0.1, -0.05) is 0 Å². The second-order valence-electron chi connectivity index (χ2n) is 5.82. The van der Waals surface area contributed by atoms with Crippen LogP contribution in [-0.4, -0.2) is 38.5 Å². The lowest BCUT2D eigenvalue weighted by atomic mass is 9.70. The average molecular weight is 241 g/mol. The molecule has 0 amide bonds. The first-order valence-corrected chi connectivity index (χ1v) is 7.03. The highest BCUT2D eigenvalue weighted by Crippen LogP contribution is 2.45. The Labute approximate surface area is 105 Å². The van der Waals surface area contributed by atoms with Crippen LogP contribution >= 0.6 is 0 Å². The monoisotopic (exact) mass is 241 g/mol. The summed E-state index contributed by atoms with van der Waals surface area (Å²) >= 11 is 0. The fourth-order valence-electron chi connectivity index (χ4n) is 3.33. The Morgan fingerprint density at radius 2 is 2.24 bits per heavy atom. The second kappa shape index (κ2) is 5.68. The third-order valence-electron chi connectivity index (χ3n) is 4.72. The van der Waals surface area contributed by atoms with Gasteiger partial charge in [-0.2, -0.15) is 0 Å². The van der Waals surface area contributed by atoms with Gasteiger partial charge in [-0.15, -0.1) is 0 Å². The van der Waals surface area contributed by atoms with E-state index in [4.69, 9.17) is 9.47 Å². The van der Waals surface area contributed by atoms with E-state index >= 15 is 0 Å². The summed E-state index contributed by atoms with van der Waals surface area (Å²) in [5, 5.41) is 3.49. The minimum atomic E-state index is 0.258. The van der Waals surface area contributed by atoms with Crippen molar-refractivity contribution in [3.8, 4) is 0 Å². The average Bonchev–Trinajstić information content (AvgIpc) is 2.33. The lowest BCUT2D eigenvalue weighted by Crippen LogP contribution is -2.50. The van der Waals surface area contributed by atoms with Gasteiger partial charge in [-0.25, -0.2) is 0 Å². The first-order chi connectivity index (χ1) is 8.19. The molecule has 0 radical (unpaired) electrons. The van der Waals surface area contributed by atoms with E-state index in [0.29, 0.717) is 12.1 Å². The van der Waals surface area contributed by atoms with Gasteiger partial charge in [0.25, 0.3) is 0 Å². The highest BCUT2D eigenvalue weighted by molar-refractivity contribution is 4.96. The van der Waals surface area contributed by atoms with E-state index in [9.17, 15) is 0 Å². The molecule has 1 aliphatic heterocycles. The zero-order chi connectivity index (χ0) is 12.3. The molecule has 2 rings (SSSR count). The first-order valence-electron chi connectivity index (χ1n) is 7.03. The maximum Gasteiger partial charge on any atom is 0.0685 e. The Hall–Kier alpha value is -0.120. The van der Waals surface area contributed by atoms with Crippen LogP contribution in [0, 0.1) is 5.92 Å². The van der Waals surface area contributed by atoms with Gasteiger partial charge in [0, 0.05) is 19.8 Å². The maximum atomic E-state index is 6.00. The summed E-state index contributed by atoms with van der Waals surface area (Å²) in [4.78, 5) is 0. The fraction of sp³-hybridized carbons (Fsp3) is 1.00. The van der Waals surface area contributed by atoms with Crippen LogP contribution in [0.3, 0.4) is 0 Å². The lowest BCUT2D eigenvalue weighted by molar-refractivity contribution is -0.148. The van der Waals surface area contributed by atoms with Gasteiger partial charge in [0.1, 0.15) is 0 Å². The Bertz CT molecular complexity index is 240. The van der Waals surface area contributed by atoms with E-state index in [0.717, 1.165) is 18.9 Å². The molecule has 3 heteroatoms. The van der Waals surface area contributed by atoms with Gasteiger partial charge in [-0.05, 0) is 58.4 Å². The normalized spacial score (nSPS) is 30.9. The molecule has 1 saturated heterocycles. The molecule has 0 bridgehead atoms. The van der Waals surface area contributed by atoms with Crippen molar-refractivity contribution in [2.24, 2.45) is 5.92 Å². The van der Waals surface area contributed by atoms with Crippen LogP contribution in [-0.2, 0) is 9.47 Å². The van der Waals surface area contributed by atoms with Crippen molar-refractivity contribution in [2.45, 2.75) is 63.2 Å². The van der Waals surface area contributed by atoms with E-state index in [-0.39, 0.29) is 5.60 Å². The smallest absolute Gasteiger partial charge is 0.0685 e. The van der Waals surface area contributed by atoms with Gasteiger partial charge in [0.15, 0.2) is 0 Å². The van der Waals surface area contributed by atoms with Crippen molar-refractivity contribution in [3.63, 3.8) is 0 Å². The molecule has 1 N–H and O–H groups in total. The van der Waals surface area contributed by atoms with Crippen molar-refractivity contribution < 1.29 is 9.47 Å². The predicted octanol–water partition coefficient (Wildman–Crippen LogP) is 2.35. The Morgan fingerprint density at radius 3 is 2.76 bits per heavy atom. The van der Waals surface area contributed by atoms with Crippen molar-refractivity contribution >= 4 is 0 Å². The van der Waals surface area contributed by atoms with Gasteiger partial charge < -0.3 is 14.8 Å². The summed E-state index contributed by atoms with van der Waals surface area (Å²) in [5.41, 5.74) is 0.258. The Kier molecular flexibility index (Phi) is 4.45. The molecule has 3 unspecified atom stereocenters. The topological polar surface area (TPSA) is 30.5 Å². The minimum Gasteiger partial charge on any atom is -0.382 e. The fourth-order valence-corrected chi connectivity index (χ4v) is 3.33. The number of hydrogen-bond donors (Lipinski definition) is 1. The molecular weight excluding hydrogens is 214 g/mol. The molecule has 0 aromatic carbocycles. The third-order valence-corrected chi connectivity index (χ3v) is 4.72. The second-order valence-corrected chi connectivity index (χ2v) is 5.82. The molecule has 1 aliphatic carbocycles. The van der Waals surface area contributed by atoms with Crippen molar-refractivity contribution in [2.75, 3.05) is 20.8 Å². The van der Waals surface area contributed by atoms with Crippen LogP contribution in [0.15, 0.2) is 0 Å². The van der Waals surface area contributed by atoms with E-state index in [1.54, 1.807) is 7.11 Å². The minimum absolute atomic E-state index is 0.258. The van der Waals surface area contributed by atoms with Gasteiger partial charge in [0.05, 0.1) is 11.7 Å². The molecule has 0 aromatic heterocycles. The largest absolute Gasteiger partial charge is 0.382 e. The van der Waals surface area contributed by atoms with E-state index < -0.39 is 0 Å².